The predicted molar refractivity (Wildman–Crippen MR) is 96.8 cm³/mol. The molecule has 122 valence electrons. The Balaban J connectivity index is 2.08. The molecule has 2 aromatic carbocycles. The molecular formula is C21H27NO. The summed E-state index contributed by atoms with van der Waals surface area (Å²) in [4.78, 5) is 12.6. The van der Waals surface area contributed by atoms with Crippen molar-refractivity contribution < 1.29 is 4.79 Å². The van der Waals surface area contributed by atoms with Crippen molar-refractivity contribution in [1.29, 1.82) is 0 Å². The first-order chi connectivity index (χ1) is 11.2. The molecule has 0 amide bonds. The Morgan fingerprint density at radius 2 is 1.83 bits per heavy atom. The van der Waals surface area contributed by atoms with Crippen molar-refractivity contribution >= 4 is 5.78 Å². The van der Waals surface area contributed by atoms with Gasteiger partial charge in [-0.1, -0.05) is 79.9 Å². The lowest BCUT2D eigenvalue weighted by atomic mass is 9.96. The van der Waals surface area contributed by atoms with E-state index < -0.39 is 0 Å². The summed E-state index contributed by atoms with van der Waals surface area (Å²) in [5.41, 5.74) is 3.22. The fraction of sp³-hybridized carbons (Fsp3) is 0.381. The van der Waals surface area contributed by atoms with E-state index in [4.69, 9.17) is 0 Å². The molecule has 23 heavy (non-hydrogen) atoms. The van der Waals surface area contributed by atoms with E-state index in [1.165, 1.54) is 24.0 Å². The third-order valence-corrected chi connectivity index (χ3v) is 4.10. The standard InChI is InChI=1S/C21H27NO/c1-3-4-8-14-22-20(19-13-9-10-17(2)15-19)16-21(23)18-11-6-5-7-12-18/h5-7,9-13,15,20,22H,3-4,8,14,16H2,1-2H3. The SMILES string of the molecule is CCCCCNC(CC(=O)c1ccccc1)c1cccc(C)c1. The monoisotopic (exact) mass is 309 g/mol. The van der Waals surface area contributed by atoms with Crippen LogP contribution in [0, 0.1) is 6.92 Å². The maximum atomic E-state index is 12.6. The minimum atomic E-state index is 0.0828. The number of hydrogen-bond donors (Lipinski definition) is 1. The highest BCUT2D eigenvalue weighted by atomic mass is 16.1. The van der Waals surface area contributed by atoms with Crippen LogP contribution in [-0.2, 0) is 0 Å². The van der Waals surface area contributed by atoms with Crippen molar-refractivity contribution in [3.63, 3.8) is 0 Å². The van der Waals surface area contributed by atoms with Gasteiger partial charge in [0.1, 0.15) is 0 Å². The van der Waals surface area contributed by atoms with E-state index in [0.717, 1.165) is 18.5 Å². The van der Waals surface area contributed by atoms with Gasteiger partial charge in [-0.2, -0.15) is 0 Å². The predicted octanol–water partition coefficient (Wildman–Crippen LogP) is 5.09. The zero-order chi connectivity index (χ0) is 16.5. The molecule has 0 fully saturated rings. The Kier molecular flexibility index (Phi) is 7.02. The maximum absolute atomic E-state index is 12.6. The zero-order valence-corrected chi connectivity index (χ0v) is 14.2. The summed E-state index contributed by atoms with van der Waals surface area (Å²) in [6.07, 6.45) is 4.08. The van der Waals surface area contributed by atoms with Gasteiger partial charge in [0.05, 0.1) is 0 Å². The second-order valence-corrected chi connectivity index (χ2v) is 6.12. The van der Waals surface area contributed by atoms with Crippen LogP contribution < -0.4 is 5.32 Å². The third kappa shape index (κ3) is 5.65. The number of aryl methyl sites for hydroxylation is 1. The largest absolute Gasteiger partial charge is 0.310 e. The minimum Gasteiger partial charge on any atom is -0.310 e. The Morgan fingerprint density at radius 1 is 1.04 bits per heavy atom. The number of unbranched alkanes of at least 4 members (excludes halogenated alkanes) is 2. The van der Waals surface area contributed by atoms with Gasteiger partial charge in [-0.3, -0.25) is 4.79 Å². The fourth-order valence-electron chi connectivity index (χ4n) is 2.77. The normalized spacial score (nSPS) is 12.1. The first-order valence-electron chi connectivity index (χ1n) is 8.59. The van der Waals surface area contributed by atoms with Gasteiger partial charge in [-0.15, -0.1) is 0 Å². The van der Waals surface area contributed by atoms with Crippen molar-refractivity contribution in [2.45, 2.75) is 45.6 Å². The van der Waals surface area contributed by atoms with Gasteiger partial charge in [0.2, 0.25) is 0 Å². The van der Waals surface area contributed by atoms with Gasteiger partial charge < -0.3 is 5.32 Å². The zero-order valence-electron chi connectivity index (χ0n) is 14.2. The highest BCUT2D eigenvalue weighted by molar-refractivity contribution is 5.96. The molecule has 2 heteroatoms. The summed E-state index contributed by atoms with van der Waals surface area (Å²) in [5, 5.41) is 3.58. The van der Waals surface area contributed by atoms with E-state index in [1.807, 2.05) is 30.3 Å². The molecule has 0 saturated heterocycles. The second kappa shape index (κ2) is 9.26. The van der Waals surface area contributed by atoms with Crippen LogP contribution in [0.5, 0.6) is 0 Å². The molecule has 1 N–H and O–H groups in total. The van der Waals surface area contributed by atoms with Gasteiger partial charge in [0.15, 0.2) is 5.78 Å². The van der Waals surface area contributed by atoms with Gasteiger partial charge in [-0.05, 0) is 25.5 Å². The lowest BCUT2D eigenvalue weighted by Gasteiger charge is -2.19. The van der Waals surface area contributed by atoms with E-state index in [2.05, 4.69) is 43.4 Å². The molecule has 2 rings (SSSR count). The number of benzene rings is 2. The number of nitrogens with one attached hydrogen (secondary N) is 1. The van der Waals surface area contributed by atoms with Crippen LogP contribution in [0.2, 0.25) is 0 Å². The molecule has 0 aliphatic heterocycles. The number of rotatable bonds is 9. The summed E-state index contributed by atoms with van der Waals surface area (Å²) >= 11 is 0. The van der Waals surface area contributed by atoms with E-state index >= 15 is 0 Å². The lowest BCUT2D eigenvalue weighted by Crippen LogP contribution is -2.25. The van der Waals surface area contributed by atoms with Crippen LogP contribution in [-0.4, -0.2) is 12.3 Å². The van der Waals surface area contributed by atoms with Crippen LogP contribution in [0.15, 0.2) is 54.6 Å². The molecule has 1 unspecified atom stereocenters. The molecule has 2 aromatic rings. The number of ketones is 1. The van der Waals surface area contributed by atoms with Crippen molar-refractivity contribution in [3.8, 4) is 0 Å². The molecule has 0 bridgehead atoms. The Morgan fingerprint density at radius 3 is 2.52 bits per heavy atom. The highest BCUT2D eigenvalue weighted by Gasteiger charge is 2.16. The van der Waals surface area contributed by atoms with Gasteiger partial charge in [0, 0.05) is 18.0 Å². The Labute approximate surface area is 139 Å². The third-order valence-electron chi connectivity index (χ3n) is 4.10. The minimum absolute atomic E-state index is 0.0828. The van der Waals surface area contributed by atoms with Crippen molar-refractivity contribution in [2.75, 3.05) is 6.54 Å². The molecule has 0 aliphatic carbocycles. The molecule has 0 aliphatic rings. The van der Waals surface area contributed by atoms with Gasteiger partial charge >= 0.3 is 0 Å². The number of carbonyl (C=O) groups excluding carboxylic acids is 1. The number of carbonyl (C=O) groups is 1. The first-order valence-corrected chi connectivity index (χ1v) is 8.59. The van der Waals surface area contributed by atoms with Gasteiger partial charge in [-0.25, -0.2) is 0 Å². The second-order valence-electron chi connectivity index (χ2n) is 6.12. The van der Waals surface area contributed by atoms with Crippen LogP contribution in [0.1, 0.15) is 60.1 Å². The number of hydrogen-bond acceptors (Lipinski definition) is 2. The first kappa shape index (κ1) is 17.4. The van der Waals surface area contributed by atoms with Crippen molar-refractivity contribution in [2.24, 2.45) is 0 Å². The van der Waals surface area contributed by atoms with Crippen molar-refractivity contribution in [3.05, 3.63) is 71.3 Å². The molecule has 0 radical (unpaired) electrons. The quantitative estimate of drug-likeness (QED) is 0.516. The topological polar surface area (TPSA) is 29.1 Å². The average Bonchev–Trinajstić information content (AvgIpc) is 2.58. The lowest BCUT2D eigenvalue weighted by molar-refractivity contribution is 0.0968. The summed E-state index contributed by atoms with van der Waals surface area (Å²) < 4.78 is 0. The molecule has 2 nitrogen and oxygen atoms in total. The summed E-state index contributed by atoms with van der Waals surface area (Å²) in [7, 11) is 0. The molecule has 0 spiro atoms. The molecule has 0 heterocycles. The van der Waals surface area contributed by atoms with Gasteiger partial charge in [0.25, 0.3) is 0 Å². The Bertz CT molecular complexity index is 606. The van der Waals surface area contributed by atoms with Crippen LogP contribution in [0.3, 0.4) is 0 Å². The molecular weight excluding hydrogens is 282 g/mol. The smallest absolute Gasteiger partial charge is 0.164 e. The molecule has 1 atom stereocenters. The van der Waals surface area contributed by atoms with Crippen LogP contribution in [0.4, 0.5) is 0 Å². The summed E-state index contributed by atoms with van der Waals surface area (Å²) in [6.45, 7) is 5.25. The molecule has 0 saturated carbocycles. The Hall–Kier alpha value is -1.93. The maximum Gasteiger partial charge on any atom is 0.164 e. The van der Waals surface area contributed by atoms with Crippen molar-refractivity contribution in [1.82, 2.24) is 5.32 Å². The average molecular weight is 309 g/mol. The number of Topliss-reactive ketones (excluding diaryl/α,β-unsaturated/α-hetero) is 1. The fourth-order valence-corrected chi connectivity index (χ4v) is 2.77. The highest BCUT2D eigenvalue weighted by Crippen LogP contribution is 2.20. The van der Waals surface area contributed by atoms with E-state index in [9.17, 15) is 4.79 Å². The van der Waals surface area contributed by atoms with Crippen LogP contribution >= 0.6 is 0 Å². The van der Waals surface area contributed by atoms with E-state index in [1.54, 1.807) is 0 Å². The van der Waals surface area contributed by atoms with Crippen LogP contribution in [0.25, 0.3) is 0 Å². The molecule has 0 aromatic heterocycles. The van der Waals surface area contributed by atoms with E-state index in [-0.39, 0.29) is 11.8 Å². The van der Waals surface area contributed by atoms with E-state index in [0.29, 0.717) is 6.42 Å². The summed E-state index contributed by atoms with van der Waals surface area (Å²) in [5.74, 6) is 0.195. The summed E-state index contributed by atoms with van der Waals surface area (Å²) in [6, 6.07) is 18.1.